The van der Waals surface area contributed by atoms with Gasteiger partial charge in [0, 0.05) is 6.08 Å². The molecule has 0 atom stereocenters. The topological polar surface area (TPSA) is 85.2 Å². The molecule has 0 aromatic rings. The number of carbonyl (C=O) groups excluding carboxylic acids is 2. The van der Waals surface area contributed by atoms with Crippen LogP contribution in [-0.4, -0.2) is 36.1 Å². The van der Waals surface area contributed by atoms with Crippen LogP contribution in [0.25, 0.3) is 0 Å². The van der Waals surface area contributed by atoms with E-state index in [9.17, 15) is 9.59 Å². The Morgan fingerprint density at radius 3 is 2.27 bits per heavy atom. The van der Waals surface area contributed by atoms with Crippen molar-refractivity contribution < 1.29 is 24.3 Å². The molecule has 0 amide bonds. The first-order valence-corrected chi connectivity index (χ1v) is 4.39. The summed E-state index contributed by atoms with van der Waals surface area (Å²) in [5.41, 5.74) is -0.357. The maximum atomic E-state index is 11.0. The van der Waals surface area contributed by atoms with Crippen molar-refractivity contribution in [2.45, 2.75) is 13.8 Å². The first-order valence-electron chi connectivity index (χ1n) is 4.39. The van der Waals surface area contributed by atoms with Crippen LogP contribution in [0.5, 0.6) is 0 Å². The summed E-state index contributed by atoms with van der Waals surface area (Å²) in [5.74, 6) is -1.43. The van der Waals surface area contributed by atoms with Crippen molar-refractivity contribution in [3.63, 3.8) is 0 Å². The van der Waals surface area contributed by atoms with Crippen LogP contribution in [0.4, 0.5) is 0 Å². The fraction of sp³-hybridized carbons (Fsp3) is 0.444. The molecule has 0 aliphatic rings. The van der Waals surface area contributed by atoms with Crippen molar-refractivity contribution in [1.82, 2.24) is 0 Å². The van der Waals surface area contributed by atoms with Crippen LogP contribution >= 0.6 is 0 Å². The molecule has 0 aromatic carbocycles. The molecule has 0 radical (unpaired) electrons. The molecule has 6 nitrogen and oxygen atoms in total. The molecule has 0 aliphatic carbocycles. The molecule has 84 valence electrons. The second-order valence-corrected chi connectivity index (χ2v) is 2.29. The summed E-state index contributed by atoms with van der Waals surface area (Å²) in [4.78, 5) is 21.9. The molecule has 15 heavy (non-hydrogen) atoms. The van der Waals surface area contributed by atoms with Gasteiger partial charge in [0.2, 0.25) is 0 Å². The summed E-state index contributed by atoms with van der Waals surface area (Å²) in [6.07, 6.45) is 2.01. The van der Waals surface area contributed by atoms with Crippen LogP contribution in [0.15, 0.2) is 17.3 Å². The van der Waals surface area contributed by atoms with Gasteiger partial charge >= 0.3 is 11.9 Å². The Bertz CT molecular complexity index is 282. The van der Waals surface area contributed by atoms with Gasteiger partial charge < -0.3 is 14.7 Å². The predicted octanol–water partition coefficient (Wildman–Crippen LogP) is 0.499. The minimum absolute atomic E-state index is 0.158. The molecule has 0 rings (SSSR count). The average molecular weight is 215 g/mol. The van der Waals surface area contributed by atoms with Crippen LogP contribution in [0, 0.1) is 0 Å². The SMILES string of the molecule is CCOC(=O)/C=C/C(=NO)C(=O)OCC. The van der Waals surface area contributed by atoms with Crippen molar-refractivity contribution in [2.75, 3.05) is 13.2 Å². The highest BCUT2D eigenvalue weighted by atomic mass is 16.5. The third-order valence-corrected chi connectivity index (χ3v) is 1.26. The van der Waals surface area contributed by atoms with Crippen molar-refractivity contribution >= 4 is 17.7 Å². The van der Waals surface area contributed by atoms with E-state index in [0.29, 0.717) is 0 Å². The fourth-order valence-corrected chi connectivity index (χ4v) is 0.685. The highest BCUT2D eigenvalue weighted by molar-refractivity contribution is 6.41. The maximum Gasteiger partial charge on any atom is 0.360 e. The average Bonchev–Trinajstić information content (AvgIpc) is 2.19. The molecule has 0 aromatic heterocycles. The van der Waals surface area contributed by atoms with Crippen LogP contribution in [-0.2, 0) is 19.1 Å². The maximum absolute atomic E-state index is 11.0. The highest BCUT2D eigenvalue weighted by Crippen LogP contribution is 1.89. The molecule has 0 spiro atoms. The molecule has 0 bridgehead atoms. The second kappa shape index (κ2) is 7.54. The normalized spacial score (nSPS) is 11.5. The Balaban J connectivity index is 4.34. The Kier molecular flexibility index (Phi) is 6.61. The highest BCUT2D eigenvalue weighted by Gasteiger charge is 2.10. The summed E-state index contributed by atoms with van der Waals surface area (Å²) in [6.45, 7) is 3.65. The molecule has 0 fully saturated rings. The van der Waals surface area contributed by atoms with Crippen molar-refractivity contribution in [2.24, 2.45) is 5.16 Å². The van der Waals surface area contributed by atoms with E-state index in [1.807, 2.05) is 0 Å². The lowest BCUT2D eigenvalue weighted by Crippen LogP contribution is -2.16. The quantitative estimate of drug-likeness (QED) is 0.237. The van der Waals surface area contributed by atoms with E-state index < -0.39 is 11.9 Å². The number of esters is 2. The monoisotopic (exact) mass is 215 g/mol. The third-order valence-electron chi connectivity index (χ3n) is 1.26. The lowest BCUT2D eigenvalue weighted by molar-refractivity contribution is -0.137. The molecule has 0 saturated carbocycles. The van der Waals surface area contributed by atoms with E-state index in [4.69, 9.17) is 5.21 Å². The van der Waals surface area contributed by atoms with Crippen molar-refractivity contribution in [1.29, 1.82) is 0 Å². The van der Waals surface area contributed by atoms with Crippen LogP contribution in [0.2, 0.25) is 0 Å². The summed E-state index contributed by atoms with van der Waals surface area (Å²) >= 11 is 0. The second-order valence-electron chi connectivity index (χ2n) is 2.29. The summed E-state index contributed by atoms with van der Waals surface area (Å²) in [7, 11) is 0. The number of hydrogen-bond donors (Lipinski definition) is 1. The minimum Gasteiger partial charge on any atom is -0.463 e. The van der Waals surface area contributed by atoms with Crippen LogP contribution in [0.1, 0.15) is 13.8 Å². The summed E-state index contributed by atoms with van der Waals surface area (Å²) in [6, 6.07) is 0. The van der Waals surface area contributed by atoms with Gasteiger partial charge in [0.1, 0.15) is 0 Å². The van der Waals surface area contributed by atoms with E-state index in [-0.39, 0.29) is 18.9 Å². The molecule has 6 heteroatoms. The Labute approximate surface area is 87.2 Å². The molecule has 1 N–H and O–H groups in total. The molecular formula is C9H13NO5. The first kappa shape index (κ1) is 13.2. The summed E-state index contributed by atoms with van der Waals surface area (Å²) in [5, 5.41) is 11.1. The number of oxime groups is 1. The number of rotatable bonds is 5. The molecule has 0 unspecified atom stereocenters. The zero-order chi connectivity index (χ0) is 11.7. The van der Waals surface area contributed by atoms with Gasteiger partial charge in [0.15, 0.2) is 5.71 Å². The zero-order valence-electron chi connectivity index (χ0n) is 8.60. The Morgan fingerprint density at radius 1 is 1.20 bits per heavy atom. The van der Waals surface area contributed by atoms with E-state index in [2.05, 4.69) is 14.6 Å². The minimum atomic E-state index is -0.805. The summed E-state index contributed by atoms with van der Waals surface area (Å²) < 4.78 is 9.12. The van der Waals surface area contributed by atoms with Crippen molar-refractivity contribution in [3.8, 4) is 0 Å². The third kappa shape index (κ3) is 5.45. The van der Waals surface area contributed by atoms with Gasteiger partial charge in [0.25, 0.3) is 0 Å². The lowest BCUT2D eigenvalue weighted by Gasteiger charge is -1.99. The standard InChI is InChI=1S/C9H13NO5/c1-3-14-8(11)6-5-7(10-13)9(12)15-4-2/h5-6,13H,3-4H2,1-2H3/b6-5+,10-7?. The van der Waals surface area contributed by atoms with Crippen molar-refractivity contribution in [3.05, 3.63) is 12.2 Å². The molecular weight excluding hydrogens is 202 g/mol. The van der Waals surface area contributed by atoms with Gasteiger partial charge in [0.05, 0.1) is 13.2 Å². The molecule has 0 saturated heterocycles. The fourth-order valence-electron chi connectivity index (χ4n) is 0.685. The molecule has 0 heterocycles. The van der Waals surface area contributed by atoms with E-state index >= 15 is 0 Å². The van der Waals surface area contributed by atoms with Gasteiger partial charge in [-0.2, -0.15) is 0 Å². The van der Waals surface area contributed by atoms with Gasteiger partial charge in [-0.15, -0.1) is 0 Å². The van der Waals surface area contributed by atoms with E-state index in [0.717, 1.165) is 12.2 Å². The van der Waals surface area contributed by atoms with Gasteiger partial charge in [-0.1, -0.05) is 5.16 Å². The number of carbonyl (C=O) groups is 2. The number of hydrogen-bond acceptors (Lipinski definition) is 6. The number of ether oxygens (including phenoxy) is 2. The van der Waals surface area contributed by atoms with Crippen LogP contribution < -0.4 is 0 Å². The van der Waals surface area contributed by atoms with E-state index in [1.54, 1.807) is 13.8 Å². The zero-order valence-corrected chi connectivity index (χ0v) is 8.60. The number of nitrogens with zero attached hydrogens (tertiary/aromatic N) is 1. The van der Waals surface area contributed by atoms with E-state index in [1.165, 1.54) is 0 Å². The van der Waals surface area contributed by atoms with Gasteiger partial charge in [-0.3, -0.25) is 0 Å². The Morgan fingerprint density at radius 2 is 1.80 bits per heavy atom. The smallest absolute Gasteiger partial charge is 0.360 e. The molecule has 0 aliphatic heterocycles. The Hall–Kier alpha value is -1.85. The lowest BCUT2D eigenvalue weighted by atomic mass is 10.3. The largest absolute Gasteiger partial charge is 0.463 e. The van der Waals surface area contributed by atoms with Gasteiger partial charge in [-0.05, 0) is 19.9 Å². The van der Waals surface area contributed by atoms with Crippen LogP contribution in [0.3, 0.4) is 0 Å². The van der Waals surface area contributed by atoms with Gasteiger partial charge in [-0.25, -0.2) is 9.59 Å². The predicted molar refractivity (Wildman–Crippen MR) is 51.6 cm³/mol. The first-order chi connectivity index (χ1) is 7.15.